The van der Waals surface area contributed by atoms with Crippen LogP contribution >= 0.6 is 0 Å². The van der Waals surface area contributed by atoms with Crippen molar-refractivity contribution >= 4 is 17.6 Å². The van der Waals surface area contributed by atoms with Crippen molar-refractivity contribution in [1.29, 1.82) is 0 Å². The lowest BCUT2D eigenvalue weighted by atomic mass is 9.67. The first-order chi connectivity index (χ1) is 12.0. The van der Waals surface area contributed by atoms with Gasteiger partial charge in [0.05, 0.1) is 0 Å². The van der Waals surface area contributed by atoms with Gasteiger partial charge in [0.2, 0.25) is 5.91 Å². The molecule has 0 aromatic heterocycles. The summed E-state index contributed by atoms with van der Waals surface area (Å²) in [6.07, 6.45) is 8.49. The quantitative estimate of drug-likeness (QED) is 0.845. The molecule has 0 heterocycles. The maximum absolute atomic E-state index is 12.7. The first kappa shape index (κ1) is 17.8. The molecule has 0 saturated heterocycles. The maximum atomic E-state index is 12.7. The highest BCUT2D eigenvalue weighted by molar-refractivity contribution is 5.93. The number of amides is 1. The summed E-state index contributed by atoms with van der Waals surface area (Å²) in [4.78, 5) is 23.2. The van der Waals surface area contributed by atoms with E-state index < -0.39 is 5.97 Å². The van der Waals surface area contributed by atoms with E-state index in [2.05, 4.69) is 5.32 Å². The van der Waals surface area contributed by atoms with E-state index in [4.69, 9.17) is 9.84 Å². The molecule has 5 heteroatoms. The molecule has 3 rings (SSSR count). The fraction of sp³-hybridized carbons (Fsp3) is 0.600. The number of benzene rings is 1. The SMILES string of the molecule is Cc1cc(OCC(=O)O)ccc1NC(=O)C1CCC2CCCCC2C1. The number of hydrogen-bond donors (Lipinski definition) is 2. The molecule has 2 fully saturated rings. The summed E-state index contributed by atoms with van der Waals surface area (Å²) in [5, 5.41) is 11.7. The number of ether oxygens (including phenoxy) is 1. The van der Waals surface area contributed by atoms with Crippen molar-refractivity contribution < 1.29 is 19.4 Å². The van der Waals surface area contributed by atoms with Gasteiger partial charge in [0, 0.05) is 11.6 Å². The summed E-state index contributed by atoms with van der Waals surface area (Å²) in [7, 11) is 0. The number of hydrogen-bond acceptors (Lipinski definition) is 3. The molecule has 3 atom stereocenters. The largest absolute Gasteiger partial charge is 0.482 e. The van der Waals surface area contributed by atoms with Crippen LogP contribution in [0, 0.1) is 24.7 Å². The van der Waals surface area contributed by atoms with E-state index in [0.29, 0.717) is 5.75 Å². The minimum Gasteiger partial charge on any atom is -0.482 e. The normalized spacial score (nSPS) is 25.7. The standard InChI is InChI=1S/C20H27NO4/c1-13-10-17(25-12-19(22)23)8-9-18(13)21-20(24)16-7-6-14-4-2-3-5-15(14)11-16/h8-10,14-16H,2-7,11-12H2,1H3,(H,21,24)(H,22,23). The van der Waals surface area contributed by atoms with Crippen LogP contribution in [-0.2, 0) is 9.59 Å². The van der Waals surface area contributed by atoms with E-state index >= 15 is 0 Å². The Bertz CT molecular complexity index is 643. The molecule has 1 aromatic carbocycles. The molecule has 1 amide bonds. The van der Waals surface area contributed by atoms with Crippen LogP contribution in [0.2, 0.25) is 0 Å². The van der Waals surface area contributed by atoms with E-state index in [1.54, 1.807) is 18.2 Å². The van der Waals surface area contributed by atoms with Gasteiger partial charge < -0.3 is 15.2 Å². The third kappa shape index (κ3) is 4.53. The van der Waals surface area contributed by atoms with Crippen molar-refractivity contribution in [3.05, 3.63) is 23.8 Å². The Labute approximate surface area is 148 Å². The number of carboxylic acids is 1. The number of rotatable bonds is 5. The van der Waals surface area contributed by atoms with Gasteiger partial charge in [-0.1, -0.05) is 25.7 Å². The molecule has 0 radical (unpaired) electrons. The van der Waals surface area contributed by atoms with Crippen molar-refractivity contribution in [2.75, 3.05) is 11.9 Å². The minimum atomic E-state index is -1.01. The Morgan fingerprint density at radius 3 is 2.64 bits per heavy atom. The lowest BCUT2D eigenvalue weighted by Crippen LogP contribution is -2.34. The monoisotopic (exact) mass is 345 g/mol. The summed E-state index contributed by atoms with van der Waals surface area (Å²) in [5.74, 6) is 1.29. The molecule has 2 N–H and O–H groups in total. The minimum absolute atomic E-state index is 0.113. The number of carboxylic acid groups (broad SMARTS) is 1. The van der Waals surface area contributed by atoms with Crippen LogP contribution in [0.3, 0.4) is 0 Å². The summed E-state index contributed by atoms with van der Waals surface area (Å²) in [6.45, 7) is 1.52. The zero-order valence-electron chi connectivity index (χ0n) is 14.8. The number of aryl methyl sites for hydroxylation is 1. The van der Waals surface area contributed by atoms with Crippen molar-refractivity contribution in [2.24, 2.45) is 17.8 Å². The van der Waals surface area contributed by atoms with E-state index in [1.165, 1.54) is 32.1 Å². The topological polar surface area (TPSA) is 75.6 Å². The molecular formula is C20H27NO4. The van der Waals surface area contributed by atoms with Gasteiger partial charge in [0.25, 0.3) is 0 Å². The number of aliphatic carboxylic acids is 1. The first-order valence-corrected chi connectivity index (χ1v) is 9.29. The van der Waals surface area contributed by atoms with Crippen LogP contribution in [-0.4, -0.2) is 23.6 Å². The van der Waals surface area contributed by atoms with E-state index in [0.717, 1.165) is 35.9 Å². The molecule has 1 aromatic rings. The molecule has 2 saturated carbocycles. The smallest absolute Gasteiger partial charge is 0.341 e. The number of nitrogens with one attached hydrogen (secondary N) is 1. The molecule has 25 heavy (non-hydrogen) atoms. The lowest BCUT2D eigenvalue weighted by Gasteiger charge is -2.38. The van der Waals surface area contributed by atoms with Crippen LogP contribution in [0.5, 0.6) is 5.75 Å². The Morgan fingerprint density at radius 1 is 1.16 bits per heavy atom. The molecule has 2 aliphatic carbocycles. The molecule has 0 aliphatic heterocycles. The second-order valence-electron chi connectivity index (χ2n) is 7.46. The molecule has 5 nitrogen and oxygen atoms in total. The fourth-order valence-electron chi connectivity index (χ4n) is 4.36. The molecular weight excluding hydrogens is 318 g/mol. The number of fused-ring (bicyclic) bond motifs is 1. The average Bonchev–Trinajstić information content (AvgIpc) is 2.61. The fourth-order valence-corrected chi connectivity index (χ4v) is 4.36. The molecule has 136 valence electrons. The van der Waals surface area contributed by atoms with Gasteiger partial charge >= 0.3 is 5.97 Å². The number of anilines is 1. The van der Waals surface area contributed by atoms with E-state index in [1.807, 2.05) is 6.92 Å². The molecule has 0 bridgehead atoms. The third-order valence-corrected chi connectivity index (χ3v) is 5.73. The Balaban J connectivity index is 1.58. The maximum Gasteiger partial charge on any atom is 0.341 e. The second kappa shape index (κ2) is 7.89. The Hall–Kier alpha value is -2.04. The Kier molecular flexibility index (Phi) is 5.61. The van der Waals surface area contributed by atoms with Gasteiger partial charge in [-0.05, 0) is 61.8 Å². The van der Waals surface area contributed by atoms with Crippen molar-refractivity contribution in [3.63, 3.8) is 0 Å². The second-order valence-corrected chi connectivity index (χ2v) is 7.46. The zero-order valence-corrected chi connectivity index (χ0v) is 14.8. The van der Waals surface area contributed by atoms with Gasteiger partial charge in [0.1, 0.15) is 5.75 Å². The van der Waals surface area contributed by atoms with Crippen molar-refractivity contribution in [1.82, 2.24) is 0 Å². The predicted molar refractivity (Wildman–Crippen MR) is 95.7 cm³/mol. The third-order valence-electron chi connectivity index (χ3n) is 5.73. The Morgan fingerprint density at radius 2 is 1.92 bits per heavy atom. The van der Waals surface area contributed by atoms with Crippen LogP contribution in [0.25, 0.3) is 0 Å². The van der Waals surface area contributed by atoms with Crippen LogP contribution in [0.4, 0.5) is 5.69 Å². The van der Waals surface area contributed by atoms with Crippen molar-refractivity contribution in [3.8, 4) is 5.75 Å². The van der Waals surface area contributed by atoms with E-state index in [9.17, 15) is 9.59 Å². The lowest BCUT2D eigenvalue weighted by molar-refractivity contribution is -0.139. The highest BCUT2D eigenvalue weighted by atomic mass is 16.5. The number of carbonyl (C=O) groups is 2. The highest BCUT2D eigenvalue weighted by Gasteiger charge is 2.35. The van der Waals surface area contributed by atoms with Crippen LogP contribution < -0.4 is 10.1 Å². The summed E-state index contributed by atoms with van der Waals surface area (Å²) in [6, 6.07) is 5.25. The molecule has 2 aliphatic rings. The van der Waals surface area contributed by atoms with Gasteiger partial charge in [-0.25, -0.2) is 4.79 Å². The van der Waals surface area contributed by atoms with Gasteiger partial charge in [-0.15, -0.1) is 0 Å². The number of carbonyl (C=O) groups excluding carboxylic acids is 1. The first-order valence-electron chi connectivity index (χ1n) is 9.29. The molecule has 3 unspecified atom stereocenters. The van der Waals surface area contributed by atoms with Crippen LogP contribution in [0.15, 0.2) is 18.2 Å². The average molecular weight is 345 g/mol. The summed E-state index contributed by atoms with van der Waals surface area (Å²) < 4.78 is 5.17. The van der Waals surface area contributed by atoms with Crippen molar-refractivity contribution in [2.45, 2.75) is 51.9 Å². The zero-order chi connectivity index (χ0) is 17.8. The highest BCUT2D eigenvalue weighted by Crippen LogP contribution is 2.43. The van der Waals surface area contributed by atoms with Gasteiger partial charge in [0.15, 0.2) is 6.61 Å². The summed E-state index contributed by atoms with van der Waals surface area (Å²) >= 11 is 0. The summed E-state index contributed by atoms with van der Waals surface area (Å²) in [5.41, 5.74) is 1.65. The molecule has 0 spiro atoms. The van der Waals surface area contributed by atoms with Gasteiger partial charge in [-0.2, -0.15) is 0 Å². The van der Waals surface area contributed by atoms with Gasteiger partial charge in [-0.3, -0.25) is 4.79 Å². The van der Waals surface area contributed by atoms with E-state index in [-0.39, 0.29) is 18.4 Å². The predicted octanol–water partition coefficient (Wildman–Crippen LogP) is 4.00. The van der Waals surface area contributed by atoms with Crippen LogP contribution in [0.1, 0.15) is 50.5 Å².